The van der Waals surface area contributed by atoms with Crippen molar-refractivity contribution in [3.8, 4) is 56.2 Å². The van der Waals surface area contributed by atoms with E-state index in [9.17, 15) is 37.8 Å². The number of carboxylic acid groups (broad SMARTS) is 3. The van der Waals surface area contributed by atoms with E-state index in [-0.39, 0.29) is 40.5 Å². The summed E-state index contributed by atoms with van der Waals surface area (Å²) in [6.07, 6.45) is 5.35. The lowest BCUT2D eigenvalue weighted by Crippen LogP contribution is -2.09. The number of ether oxygens (including phenoxy) is 1. The summed E-state index contributed by atoms with van der Waals surface area (Å²) in [5, 5.41) is 55.1. The highest BCUT2D eigenvalue weighted by atomic mass is 19.1. The number of H-pyrrole nitrogens is 3. The first kappa shape index (κ1) is 61.8. The van der Waals surface area contributed by atoms with Gasteiger partial charge >= 0.3 is 17.9 Å². The third kappa shape index (κ3) is 11.8. The quantitative estimate of drug-likeness (QED) is 0.0604. The number of halogens is 3. The third-order valence-electron chi connectivity index (χ3n) is 16.9. The fourth-order valence-electron chi connectivity index (χ4n) is 12.9. The average molecular weight is 1270 g/mol. The van der Waals surface area contributed by atoms with Crippen LogP contribution >= 0.6 is 0 Å². The first-order valence-electron chi connectivity index (χ1n) is 30.7. The van der Waals surface area contributed by atoms with E-state index in [4.69, 9.17) is 9.84 Å². The second-order valence-corrected chi connectivity index (χ2v) is 24.1. The van der Waals surface area contributed by atoms with Crippen LogP contribution in [-0.4, -0.2) is 84.1 Å². The molecule has 9 aromatic carbocycles. The molecular weight excluding hydrogens is 1210 g/mol. The molecule has 0 fully saturated rings. The third-order valence-corrected chi connectivity index (χ3v) is 16.9. The number of carbonyl (C=O) groups is 3. The summed E-state index contributed by atoms with van der Waals surface area (Å²) in [6, 6.07) is 53.8. The normalized spacial score (nSPS) is 11.6. The van der Waals surface area contributed by atoms with Crippen LogP contribution in [0.1, 0.15) is 97.1 Å². The van der Waals surface area contributed by atoms with Crippen molar-refractivity contribution in [2.24, 2.45) is 0 Å². The summed E-state index contributed by atoms with van der Waals surface area (Å²) in [5.41, 5.74) is 17.1. The largest absolute Gasteiger partial charge is 0.482 e. The molecule has 0 saturated heterocycles. The van der Waals surface area contributed by atoms with Crippen LogP contribution in [0, 0.1) is 17.5 Å². The summed E-state index contributed by atoms with van der Waals surface area (Å²) < 4.78 is 53.6. The van der Waals surface area contributed by atoms with Gasteiger partial charge in [-0.15, -0.1) is 0 Å². The van der Waals surface area contributed by atoms with E-state index in [2.05, 4.69) is 104 Å². The molecule has 0 aliphatic rings. The van der Waals surface area contributed by atoms with Gasteiger partial charge in [0.05, 0.1) is 62.8 Å². The number of hydrogen-bond donors (Lipinski definition) is 6. The van der Waals surface area contributed by atoms with Crippen LogP contribution in [-0.2, 0) is 4.79 Å². The molecule has 474 valence electrons. The lowest BCUT2D eigenvalue weighted by molar-refractivity contribution is -0.139. The fraction of sp³-hybridized carbons (Fsp3) is 0.132. The Morgan fingerprint density at radius 1 is 0.421 bits per heavy atom. The molecule has 0 atom stereocenters. The molecule has 0 aliphatic heterocycles. The van der Waals surface area contributed by atoms with E-state index in [1.807, 2.05) is 79.2 Å². The van der Waals surface area contributed by atoms with Gasteiger partial charge in [-0.1, -0.05) is 84.0 Å². The number of benzene rings is 9. The minimum absolute atomic E-state index is 0.00420. The number of aromatic amines is 3. The topological polar surface area (TPSA) is 222 Å². The zero-order chi connectivity index (χ0) is 66.5. The van der Waals surface area contributed by atoms with Crippen LogP contribution in [0.15, 0.2) is 201 Å². The minimum Gasteiger partial charge on any atom is -0.482 e. The number of rotatable bonds is 14. The van der Waals surface area contributed by atoms with Gasteiger partial charge < -0.3 is 33.8 Å². The molecule has 0 aliphatic carbocycles. The van der Waals surface area contributed by atoms with Crippen molar-refractivity contribution < 1.29 is 47.6 Å². The van der Waals surface area contributed by atoms with E-state index in [0.717, 1.165) is 128 Å². The highest BCUT2D eigenvalue weighted by Crippen LogP contribution is 2.46. The monoisotopic (exact) mass is 1270 g/mol. The summed E-state index contributed by atoms with van der Waals surface area (Å²) in [6.45, 7) is 12.3. The Bertz CT molecular complexity index is 5410. The molecule has 0 unspecified atom stereocenters. The van der Waals surface area contributed by atoms with E-state index >= 15 is 0 Å². The fourth-order valence-corrected chi connectivity index (χ4v) is 12.9. The minimum atomic E-state index is -1.20. The molecule has 6 N–H and O–H groups in total. The van der Waals surface area contributed by atoms with E-state index in [0.29, 0.717) is 11.3 Å². The number of aromatic carboxylic acids is 2. The summed E-state index contributed by atoms with van der Waals surface area (Å²) >= 11 is 0. The average Bonchev–Trinajstić information content (AvgIpc) is 1.60. The number of aromatic nitrogens is 9. The highest BCUT2D eigenvalue weighted by molar-refractivity contribution is 6.09. The summed E-state index contributed by atoms with van der Waals surface area (Å²) in [4.78, 5) is 33.7. The SMILES string of the molecule is CC(C)c1c(-c2cc(F)cc(C(=O)O)c2)c2cc3[nH]ncc3cc2n1-c1ccc(F)cc1.CC(C)c1c(-c2ccc(C(=O)O)cc2)c2cc3[nH]ncc3cc2n1-c1ccccc1.CC(C)c1c(-c2ccc(OCC(=O)O)cc2)c2cc3[nH]ncc3cc2n1-c1ccc(F)cc1. The smallest absolute Gasteiger partial charge is 0.341 e. The predicted molar refractivity (Wildman–Crippen MR) is 364 cm³/mol. The molecule has 95 heavy (non-hydrogen) atoms. The maximum Gasteiger partial charge on any atom is 0.341 e. The number of carboxylic acids is 3. The van der Waals surface area contributed by atoms with Crippen molar-refractivity contribution in [1.82, 2.24) is 44.3 Å². The van der Waals surface area contributed by atoms with Crippen molar-refractivity contribution in [2.45, 2.75) is 59.3 Å². The van der Waals surface area contributed by atoms with Crippen molar-refractivity contribution in [1.29, 1.82) is 0 Å². The Labute approximate surface area is 541 Å². The van der Waals surface area contributed by atoms with Crippen LogP contribution in [0.25, 0.3) is 116 Å². The molecule has 0 radical (unpaired) electrons. The van der Waals surface area contributed by atoms with Crippen LogP contribution in [0.3, 0.4) is 0 Å². The van der Waals surface area contributed by atoms with E-state index < -0.39 is 30.3 Å². The number of nitrogens with one attached hydrogen (secondary N) is 3. The Hall–Kier alpha value is -12.0. The number of para-hydroxylation sites is 1. The highest BCUT2D eigenvalue weighted by Gasteiger charge is 2.27. The first-order chi connectivity index (χ1) is 45.8. The second-order valence-electron chi connectivity index (χ2n) is 24.1. The van der Waals surface area contributed by atoms with Crippen LogP contribution < -0.4 is 4.74 Å². The number of aliphatic carboxylic acids is 1. The lowest BCUT2D eigenvalue weighted by atomic mass is 9.95. The van der Waals surface area contributed by atoms with Gasteiger partial charge in [-0.05, 0) is 174 Å². The summed E-state index contributed by atoms with van der Waals surface area (Å²) in [5.74, 6) is -3.49. The van der Waals surface area contributed by atoms with E-state index in [1.165, 1.54) is 42.1 Å². The number of fused-ring (bicyclic) bond motifs is 6. The van der Waals surface area contributed by atoms with Gasteiger partial charge in [-0.25, -0.2) is 27.6 Å². The maximum absolute atomic E-state index is 14.5. The molecule has 0 bridgehead atoms. The number of hydrogen-bond acceptors (Lipinski definition) is 7. The van der Waals surface area contributed by atoms with E-state index in [1.54, 1.807) is 60.9 Å². The van der Waals surface area contributed by atoms with Crippen molar-refractivity contribution in [3.63, 3.8) is 0 Å². The van der Waals surface area contributed by atoms with Crippen LogP contribution in [0.5, 0.6) is 5.75 Å². The Morgan fingerprint density at radius 3 is 1.18 bits per heavy atom. The maximum atomic E-state index is 14.5. The van der Waals surface area contributed by atoms with Gasteiger partial charge in [-0.3, -0.25) is 15.3 Å². The Balaban J connectivity index is 0.000000129. The first-order valence-corrected chi connectivity index (χ1v) is 30.7. The molecular formula is C76H62F3N9O7. The zero-order valence-electron chi connectivity index (χ0n) is 52.3. The Kier molecular flexibility index (Phi) is 16.4. The molecule has 6 aromatic heterocycles. The lowest BCUT2D eigenvalue weighted by Gasteiger charge is -2.16. The van der Waals surface area contributed by atoms with Gasteiger partial charge in [-0.2, -0.15) is 15.3 Å². The molecule has 0 saturated carbocycles. The zero-order valence-corrected chi connectivity index (χ0v) is 52.3. The Morgan fingerprint density at radius 2 is 0.800 bits per heavy atom. The molecule has 16 nitrogen and oxygen atoms in total. The molecule has 6 heterocycles. The molecule has 15 aromatic rings. The molecule has 19 heteroatoms. The van der Waals surface area contributed by atoms with Gasteiger partial charge in [0, 0.05) is 83.2 Å². The van der Waals surface area contributed by atoms with Crippen molar-refractivity contribution in [2.75, 3.05) is 6.61 Å². The van der Waals surface area contributed by atoms with Crippen LogP contribution in [0.2, 0.25) is 0 Å². The van der Waals surface area contributed by atoms with Crippen LogP contribution in [0.4, 0.5) is 13.2 Å². The number of nitrogens with zero attached hydrogens (tertiary/aromatic N) is 6. The van der Waals surface area contributed by atoms with Gasteiger partial charge in [0.1, 0.15) is 23.2 Å². The molecule has 0 amide bonds. The molecule has 0 spiro atoms. The van der Waals surface area contributed by atoms with Gasteiger partial charge in [0.15, 0.2) is 6.61 Å². The van der Waals surface area contributed by atoms with Crippen molar-refractivity contribution >= 4 is 83.3 Å². The van der Waals surface area contributed by atoms with Gasteiger partial charge in [0.25, 0.3) is 0 Å². The van der Waals surface area contributed by atoms with Gasteiger partial charge in [0.2, 0.25) is 0 Å². The summed E-state index contributed by atoms with van der Waals surface area (Å²) in [7, 11) is 0. The van der Waals surface area contributed by atoms with Crippen molar-refractivity contribution in [3.05, 3.63) is 246 Å². The standard InChI is InChI=1S/C26H22FN3O3.C25H19F2N3O2.C25H21N3O2/c1-15(2)26-25(16-3-9-20(10-4-16)33-14-24(31)32)21-12-22-17(13-28-29-22)11-23(21)30(26)19-7-5-18(27)6-8-19;1-13(2)24-23(14-7-15(25(31)32)9-18(27)8-14)20-11-21-16(12-28-29-21)10-22(20)30(24)19-5-3-17(26)4-6-19;1-15(2)24-23(16-8-10-17(11-9-16)25(29)30)20-13-21-18(14-26-27-21)12-22(20)28(24)19-6-4-3-5-7-19/h3-13,15H,14H2,1-2H3,(H,28,29)(H,31,32);3-13H,1-2H3,(H,28,29)(H,31,32);3-15H,1-2H3,(H,26,27)(H,29,30). The molecule has 15 rings (SSSR count). The predicted octanol–water partition coefficient (Wildman–Crippen LogP) is 18.2. The second kappa shape index (κ2) is 25.2.